The largest absolute Gasteiger partial charge is 0.391 e. The third-order valence-corrected chi connectivity index (χ3v) is 7.92. The molecule has 2 aromatic heterocycles. The van der Waals surface area contributed by atoms with Crippen molar-refractivity contribution in [3.05, 3.63) is 53.3 Å². The van der Waals surface area contributed by atoms with Crippen LogP contribution >= 0.6 is 0 Å². The number of likely N-dealkylation sites (tertiary alicyclic amines) is 1. The number of halogens is 1. The number of carbonyl (C=O) groups excluding carboxylic acids is 2. The highest BCUT2D eigenvalue weighted by Gasteiger charge is 2.47. The lowest BCUT2D eigenvalue weighted by molar-refractivity contribution is -0.128. The van der Waals surface area contributed by atoms with E-state index in [-0.39, 0.29) is 41.5 Å². The van der Waals surface area contributed by atoms with E-state index >= 15 is 4.39 Å². The maximum atomic E-state index is 15.1. The molecule has 0 spiro atoms. The van der Waals surface area contributed by atoms with Crippen LogP contribution < -0.4 is 11.1 Å². The number of nitrogens with zero attached hydrogens (tertiary/aromatic N) is 5. The van der Waals surface area contributed by atoms with E-state index < -0.39 is 29.0 Å². The van der Waals surface area contributed by atoms with Gasteiger partial charge in [-0.1, -0.05) is 12.5 Å². The molecule has 1 aromatic carbocycles. The second-order valence-electron chi connectivity index (χ2n) is 10.1. The van der Waals surface area contributed by atoms with Gasteiger partial charge >= 0.3 is 0 Å². The molecule has 1 aliphatic carbocycles. The first-order chi connectivity index (χ1) is 18.5. The Hall–Kier alpha value is -3.95. The number of amides is 2. The molecule has 2 fully saturated rings. The van der Waals surface area contributed by atoms with Gasteiger partial charge in [0, 0.05) is 25.7 Å². The number of hydrogen-bond acceptors (Lipinski definition) is 6. The standard InChI is InChI=1S/C27H29FN7O3Si/c1-5-23(37)33-13-27(39,12-22(33)14(2)36)35-26(30-4)24(25(29)38)19(32-35)9-6-16-10-20-21(11-18(16)28)34(15(3)31-20)17-7-8-17/h5,10-11,14,17,22,30,36H,1,7-8,12-13H2,2-4H3,(H2,29,38)/t14?,22-,27-/m1/s1. The SMILES string of the molecule is C=CC(=O)N1C[C@@]([Si])(n2nc(C#Cc3cc4nc(C)n(C5CC5)c4cc3F)c(C(N)=O)c2NC)C[C@@H]1C(C)O. The number of aryl methyl sites for hydroxylation is 1. The molecular formula is C27H29FN7O3Si. The van der Waals surface area contributed by atoms with Crippen molar-refractivity contribution in [1.29, 1.82) is 0 Å². The second-order valence-corrected chi connectivity index (χ2v) is 11.1. The molecule has 0 bridgehead atoms. The molecule has 10 nitrogen and oxygen atoms in total. The van der Waals surface area contributed by atoms with Crippen molar-refractivity contribution in [2.24, 2.45) is 5.73 Å². The van der Waals surface area contributed by atoms with Crippen LogP contribution in [0.1, 0.15) is 59.7 Å². The van der Waals surface area contributed by atoms with Crippen molar-refractivity contribution in [2.45, 2.75) is 56.5 Å². The van der Waals surface area contributed by atoms with Crippen LogP contribution in [0.2, 0.25) is 0 Å². The lowest BCUT2D eigenvalue weighted by Gasteiger charge is -2.27. The van der Waals surface area contributed by atoms with Gasteiger partial charge in [-0.3, -0.25) is 9.59 Å². The van der Waals surface area contributed by atoms with Gasteiger partial charge in [0.2, 0.25) is 5.91 Å². The van der Waals surface area contributed by atoms with E-state index in [1.165, 1.54) is 21.7 Å². The minimum absolute atomic E-state index is 0.0278. The summed E-state index contributed by atoms with van der Waals surface area (Å²) in [5.41, 5.74) is 7.28. The first-order valence-electron chi connectivity index (χ1n) is 12.7. The van der Waals surface area contributed by atoms with Crippen LogP contribution in [0.25, 0.3) is 11.0 Å². The Kier molecular flexibility index (Phi) is 6.60. The molecule has 201 valence electrons. The van der Waals surface area contributed by atoms with Gasteiger partial charge in [-0.05, 0) is 51.2 Å². The quantitative estimate of drug-likeness (QED) is 0.244. The molecule has 2 amide bonds. The Bertz CT molecular complexity index is 1580. The van der Waals surface area contributed by atoms with Gasteiger partial charge in [-0.15, -0.1) is 0 Å². The maximum absolute atomic E-state index is 15.1. The minimum Gasteiger partial charge on any atom is -0.391 e. The number of fused-ring (bicyclic) bond motifs is 1. The molecule has 1 unspecified atom stereocenters. The molecule has 2 aliphatic rings. The van der Waals surface area contributed by atoms with E-state index in [9.17, 15) is 14.7 Å². The Morgan fingerprint density at radius 3 is 2.69 bits per heavy atom. The zero-order valence-corrected chi connectivity index (χ0v) is 23.0. The van der Waals surface area contributed by atoms with Gasteiger partial charge in [-0.25, -0.2) is 14.1 Å². The average molecular weight is 547 g/mol. The molecule has 3 aromatic rings. The van der Waals surface area contributed by atoms with Gasteiger partial charge < -0.3 is 25.6 Å². The van der Waals surface area contributed by atoms with E-state index in [1.54, 1.807) is 20.0 Å². The Morgan fingerprint density at radius 1 is 1.38 bits per heavy atom. The number of primary amides is 1. The van der Waals surface area contributed by atoms with E-state index in [2.05, 4.69) is 48.6 Å². The lowest BCUT2D eigenvalue weighted by atomic mass is 10.1. The molecule has 1 saturated carbocycles. The zero-order chi connectivity index (χ0) is 28.2. The van der Waals surface area contributed by atoms with E-state index in [1.807, 2.05) is 6.92 Å². The van der Waals surface area contributed by atoms with Crippen molar-refractivity contribution in [1.82, 2.24) is 24.2 Å². The minimum atomic E-state index is -1.000. The molecule has 1 saturated heterocycles. The third-order valence-electron chi connectivity index (χ3n) is 7.35. The smallest absolute Gasteiger partial charge is 0.255 e. The van der Waals surface area contributed by atoms with Gasteiger partial charge in [0.25, 0.3) is 5.91 Å². The first-order valence-corrected chi connectivity index (χ1v) is 13.2. The fourth-order valence-corrected chi connectivity index (χ4v) is 5.94. The van der Waals surface area contributed by atoms with Gasteiger partial charge in [-0.2, -0.15) is 5.10 Å². The first kappa shape index (κ1) is 26.6. The molecule has 1 aliphatic heterocycles. The van der Waals surface area contributed by atoms with E-state index in [0.29, 0.717) is 11.6 Å². The summed E-state index contributed by atoms with van der Waals surface area (Å²) in [4.78, 5) is 31.1. The van der Waals surface area contributed by atoms with Crippen LogP contribution in [0.5, 0.6) is 0 Å². The highest BCUT2D eigenvalue weighted by atomic mass is 28.1. The number of benzene rings is 1. The Labute approximate surface area is 228 Å². The summed E-state index contributed by atoms with van der Waals surface area (Å²) < 4.78 is 18.7. The highest BCUT2D eigenvalue weighted by Crippen LogP contribution is 2.39. The molecule has 4 N–H and O–H groups in total. The summed E-state index contributed by atoms with van der Waals surface area (Å²) in [5, 5.41) is 16.9. The summed E-state index contributed by atoms with van der Waals surface area (Å²) in [6.45, 7) is 7.17. The van der Waals surface area contributed by atoms with Crippen LogP contribution in [0.3, 0.4) is 0 Å². The number of aliphatic hydroxyl groups is 1. The number of nitrogens with one attached hydrogen (secondary N) is 1. The summed E-state index contributed by atoms with van der Waals surface area (Å²) in [6.07, 6.45) is 2.72. The number of hydrogen-bond donors (Lipinski definition) is 3. The second kappa shape index (κ2) is 9.66. The van der Waals surface area contributed by atoms with Crippen LogP contribution in [0.15, 0.2) is 24.8 Å². The topological polar surface area (TPSA) is 131 Å². The Morgan fingerprint density at radius 2 is 2.10 bits per heavy atom. The van der Waals surface area contributed by atoms with Crippen LogP contribution in [0, 0.1) is 24.6 Å². The number of rotatable bonds is 6. The fraction of sp³-hybridized carbons (Fsp3) is 0.407. The molecule has 39 heavy (non-hydrogen) atoms. The number of aliphatic hydroxyl groups excluding tert-OH is 1. The predicted octanol–water partition coefficient (Wildman–Crippen LogP) is 1.54. The molecule has 3 atom stereocenters. The van der Waals surface area contributed by atoms with Crippen molar-refractivity contribution in [3.8, 4) is 11.8 Å². The van der Waals surface area contributed by atoms with Crippen LogP contribution in [0.4, 0.5) is 10.2 Å². The summed E-state index contributed by atoms with van der Waals surface area (Å²) in [5.74, 6) is 5.09. The molecule has 5 rings (SSSR count). The predicted molar refractivity (Wildman–Crippen MR) is 145 cm³/mol. The highest BCUT2D eigenvalue weighted by molar-refractivity contribution is 6.15. The van der Waals surface area contributed by atoms with Crippen LogP contribution in [-0.2, 0) is 9.96 Å². The number of aromatic nitrogens is 4. The van der Waals surface area contributed by atoms with Crippen molar-refractivity contribution in [2.75, 3.05) is 18.9 Å². The molecule has 3 radical (unpaired) electrons. The maximum Gasteiger partial charge on any atom is 0.255 e. The van der Waals surface area contributed by atoms with Gasteiger partial charge in [0.15, 0.2) is 5.69 Å². The number of carbonyl (C=O) groups is 2. The van der Waals surface area contributed by atoms with Gasteiger partial charge in [0.05, 0.1) is 44.1 Å². The average Bonchev–Trinajstić information content (AvgIpc) is 3.41. The molecule has 3 heterocycles. The summed E-state index contributed by atoms with van der Waals surface area (Å²) in [6, 6.07) is 2.86. The lowest BCUT2D eigenvalue weighted by Crippen LogP contribution is -2.42. The fourth-order valence-electron chi connectivity index (χ4n) is 5.39. The van der Waals surface area contributed by atoms with Crippen LogP contribution in [-0.4, -0.2) is 77.1 Å². The van der Waals surface area contributed by atoms with Crippen molar-refractivity contribution >= 4 is 38.9 Å². The number of nitrogens with two attached hydrogens (primary N) is 1. The number of imidazole rings is 1. The van der Waals surface area contributed by atoms with E-state index in [0.717, 1.165) is 24.2 Å². The third kappa shape index (κ3) is 4.51. The van der Waals surface area contributed by atoms with Gasteiger partial charge in [0.1, 0.15) is 23.0 Å². The summed E-state index contributed by atoms with van der Waals surface area (Å²) in [7, 11) is 5.37. The summed E-state index contributed by atoms with van der Waals surface area (Å²) >= 11 is 0. The van der Waals surface area contributed by atoms with Crippen molar-refractivity contribution < 1.29 is 19.1 Å². The molecular weight excluding hydrogens is 517 g/mol. The number of anilines is 1. The zero-order valence-electron chi connectivity index (χ0n) is 22.0. The Balaban J connectivity index is 1.58. The van der Waals surface area contributed by atoms with Crippen molar-refractivity contribution in [3.63, 3.8) is 0 Å². The van der Waals surface area contributed by atoms with E-state index in [4.69, 9.17) is 5.73 Å². The monoisotopic (exact) mass is 546 g/mol. The normalized spacial score (nSPS) is 21.5. The molecule has 12 heteroatoms.